The number of rotatable bonds is 10. The number of hydrogen-bond acceptors (Lipinski definition) is 4. The summed E-state index contributed by atoms with van der Waals surface area (Å²) in [7, 11) is 0. The highest BCUT2D eigenvalue weighted by atomic mass is 35.5. The van der Waals surface area contributed by atoms with Crippen LogP contribution in [0, 0.1) is 0 Å². The summed E-state index contributed by atoms with van der Waals surface area (Å²) >= 11 is 7.69. The van der Waals surface area contributed by atoms with E-state index in [1.165, 1.54) is 0 Å². The Bertz CT molecular complexity index is 546. The first-order chi connectivity index (χ1) is 11.5. The van der Waals surface area contributed by atoms with E-state index in [1.54, 1.807) is 36.0 Å². The van der Waals surface area contributed by atoms with Crippen molar-refractivity contribution in [3.8, 4) is 0 Å². The Morgan fingerprint density at radius 1 is 1.28 bits per heavy atom. The van der Waals surface area contributed by atoms with Crippen LogP contribution >= 0.6 is 35.8 Å². The molecule has 8 heteroatoms. The van der Waals surface area contributed by atoms with Crippen LogP contribution in [-0.4, -0.2) is 49.0 Å². The van der Waals surface area contributed by atoms with Crippen molar-refractivity contribution in [2.24, 2.45) is 0 Å². The van der Waals surface area contributed by atoms with Gasteiger partial charge in [0.1, 0.15) is 6.04 Å². The maximum atomic E-state index is 12.4. The van der Waals surface area contributed by atoms with Gasteiger partial charge in [0.15, 0.2) is 0 Å². The molecule has 0 aromatic heterocycles. The molecule has 0 bridgehead atoms. The lowest BCUT2D eigenvalue weighted by Gasteiger charge is -2.20. The molecule has 1 rings (SSSR count). The second kappa shape index (κ2) is 13.3. The fraction of sp³-hybridized carbons (Fsp3) is 0.529. The highest BCUT2D eigenvalue weighted by molar-refractivity contribution is 7.98. The lowest BCUT2D eigenvalue weighted by molar-refractivity contribution is -0.123. The first-order valence-electron chi connectivity index (χ1n) is 8.05. The van der Waals surface area contributed by atoms with E-state index in [0.29, 0.717) is 23.6 Å². The number of carbonyl (C=O) groups excluding carboxylic acids is 2. The minimum atomic E-state index is -0.574. The Balaban J connectivity index is 0.00000576. The van der Waals surface area contributed by atoms with Crippen LogP contribution in [-0.2, 0) is 4.79 Å². The molecular formula is C17H27Cl2N3O2S. The molecule has 0 fully saturated rings. The van der Waals surface area contributed by atoms with Gasteiger partial charge in [-0.15, -0.1) is 12.4 Å². The lowest BCUT2D eigenvalue weighted by atomic mass is 10.1. The topological polar surface area (TPSA) is 70.2 Å². The van der Waals surface area contributed by atoms with Crippen LogP contribution in [0.4, 0.5) is 0 Å². The molecule has 0 aliphatic heterocycles. The van der Waals surface area contributed by atoms with Gasteiger partial charge in [0.2, 0.25) is 5.91 Å². The smallest absolute Gasteiger partial charge is 0.253 e. The van der Waals surface area contributed by atoms with Crippen molar-refractivity contribution in [3.63, 3.8) is 0 Å². The Morgan fingerprint density at radius 3 is 2.56 bits per heavy atom. The van der Waals surface area contributed by atoms with Crippen molar-refractivity contribution in [1.29, 1.82) is 0 Å². The summed E-state index contributed by atoms with van der Waals surface area (Å²) in [5.41, 5.74) is 0.377. The third kappa shape index (κ3) is 8.81. The Hall–Kier alpha value is -0.950. The van der Waals surface area contributed by atoms with Crippen molar-refractivity contribution in [3.05, 3.63) is 34.9 Å². The summed E-state index contributed by atoms with van der Waals surface area (Å²) in [6.07, 6.45) is 2.54. The molecule has 0 spiro atoms. The van der Waals surface area contributed by atoms with E-state index in [4.69, 9.17) is 11.6 Å². The molecular weight excluding hydrogens is 381 g/mol. The summed E-state index contributed by atoms with van der Waals surface area (Å²) in [6.45, 7) is 5.38. The Morgan fingerprint density at radius 2 is 1.96 bits per heavy atom. The second-order valence-corrected chi connectivity index (χ2v) is 6.88. The number of benzene rings is 1. The zero-order chi connectivity index (χ0) is 17.9. The van der Waals surface area contributed by atoms with E-state index >= 15 is 0 Å². The van der Waals surface area contributed by atoms with E-state index < -0.39 is 6.04 Å². The average Bonchev–Trinajstić information content (AvgIpc) is 2.56. The predicted molar refractivity (Wildman–Crippen MR) is 109 cm³/mol. The number of halogens is 2. The molecule has 1 aromatic carbocycles. The van der Waals surface area contributed by atoms with Crippen molar-refractivity contribution in [2.45, 2.75) is 32.4 Å². The largest absolute Gasteiger partial charge is 0.353 e. The van der Waals surface area contributed by atoms with Crippen LogP contribution in [0.2, 0.25) is 5.02 Å². The van der Waals surface area contributed by atoms with Gasteiger partial charge in [-0.2, -0.15) is 11.8 Å². The number of thioether (sulfide) groups is 1. The average molecular weight is 408 g/mol. The van der Waals surface area contributed by atoms with E-state index in [2.05, 4.69) is 16.0 Å². The summed E-state index contributed by atoms with van der Waals surface area (Å²) in [6, 6.07) is 6.42. The molecule has 142 valence electrons. The molecule has 2 atom stereocenters. The van der Waals surface area contributed by atoms with Crippen LogP contribution in [0.15, 0.2) is 24.3 Å². The zero-order valence-electron chi connectivity index (χ0n) is 14.8. The minimum absolute atomic E-state index is 0. The summed E-state index contributed by atoms with van der Waals surface area (Å²) < 4.78 is 0. The molecule has 1 unspecified atom stereocenters. The third-order valence-corrected chi connectivity index (χ3v) is 4.46. The minimum Gasteiger partial charge on any atom is -0.353 e. The van der Waals surface area contributed by atoms with E-state index in [0.717, 1.165) is 12.3 Å². The van der Waals surface area contributed by atoms with Crippen molar-refractivity contribution >= 4 is 47.6 Å². The molecule has 1 aromatic rings. The molecule has 2 amide bonds. The molecule has 0 aliphatic carbocycles. The van der Waals surface area contributed by atoms with Gasteiger partial charge >= 0.3 is 0 Å². The Labute approximate surface area is 165 Å². The van der Waals surface area contributed by atoms with Gasteiger partial charge in [0, 0.05) is 12.6 Å². The number of hydrogen-bond donors (Lipinski definition) is 3. The van der Waals surface area contributed by atoms with Crippen LogP contribution in [0.1, 0.15) is 30.6 Å². The van der Waals surface area contributed by atoms with Gasteiger partial charge in [0.25, 0.3) is 5.91 Å². The summed E-state index contributed by atoms with van der Waals surface area (Å²) in [5, 5.41) is 9.29. The first kappa shape index (κ1) is 24.1. The molecule has 3 N–H and O–H groups in total. The number of amides is 2. The zero-order valence-corrected chi connectivity index (χ0v) is 17.2. The first-order valence-corrected chi connectivity index (χ1v) is 9.82. The van der Waals surface area contributed by atoms with Gasteiger partial charge < -0.3 is 16.0 Å². The summed E-state index contributed by atoms with van der Waals surface area (Å²) in [5.74, 6) is 0.278. The van der Waals surface area contributed by atoms with Crippen LogP contribution in [0.5, 0.6) is 0 Å². The number of likely N-dealkylation sites (N-methyl/N-ethyl adjacent to an activating group) is 1. The molecule has 0 saturated heterocycles. The van der Waals surface area contributed by atoms with Crippen molar-refractivity contribution < 1.29 is 9.59 Å². The van der Waals surface area contributed by atoms with Crippen molar-refractivity contribution in [2.75, 3.05) is 25.1 Å². The number of nitrogens with one attached hydrogen (secondary N) is 3. The second-order valence-electron chi connectivity index (χ2n) is 5.49. The lowest BCUT2D eigenvalue weighted by Crippen LogP contribution is -2.49. The molecule has 0 heterocycles. The normalized spacial score (nSPS) is 12.6. The monoisotopic (exact) mass is 407 g/mol. The van der Waals surface area contributed by atoms with Gasteiger partial charge in [0.05, 0.1) is 10.6 Å². The van der Waals surface area contributed by atoms with Crippen molar-refractivity contribution in [1.82, 2.24) is 16.0 Å². The Kier molecular flexibility index (Phi) is 12.8. The van der Waals surface area contributed by atoms with Gasteiger partial charge in [-0.3, -0.25) is 9.59 Å². The van der Waals surface area contributed by atoms with Crippen LogP contribution in [0.3, 0.4) is 0 Å². The van der Waals surface area contributed by atoms with E-state index in [1.807, 2.05) is 20.1 Å². The quantitative estimate of drug-likeness (QED) is 0.557. The maximum absolute atomic E-state index is 12.4. The standard InChI is InChI=1S/C17H26ClN3O2S.ClH/c1-4-19-12(2)11-20-17(23)15(9-10-24-3)21-16(22)13-7-5-6-8-14(13)18;/h5-8,12,15,19H,4,9-11H2,1-3H3,(H,20,23)(H,21,22);1H/t12-,15?;/m1./s1. The van der Waals surface area contributed by atoms with Gasteiger partial charge in [-0.25, -0.2) is 0 Å². The molecule has 0 aliphatic rings. The predicted octanol–water partition coefficient (Wildman–Crippen LogP) is 2.73. The fourth-order valence-electron chi connectivity index (χ4n) is 2.18. The van der Waals surface area contributed by atoms with E-state index in [-0.39, 0.29) is 30.3 Å². The van der Waals surface area contributed by atoms with Crippen LogP contribution < -0.4 is 16.0 Å². The van der Waals surface area contributed by atoms with Gasteiger partial charge in [-0.1, -0.05) is 30.7 Å². The highest BCUT2D eigenvalue weighted by Crippen LogP contribution is 2.15. The van der Waals surface area contributed by atoms with E-state index in [9.17, 15) is 9.59 Å². The molecule has 25 heavy (non-hydrogen) atoms. The molecule has 5 nitrogen and oxygen atoms in total. The molecule has 0 saturated carbocycles. The van der Waals surface area contributed by atoms with Crippen LogP contribution in [0.25, 0.3) is 0 Å². The SMILES string of the molecule is CCN[C@H](C)CNC(=O)C(CCSC)NC(=O)c1ccccc1Cl.Cl. The highest BCUT2D eigenvalue weighted by Gasteiger charge is 2.22. The third-order valence-electron chi connectivity index (χ3n) is 3.49. The summed E-state index contributed by atoms with van der Waals surface area (Å²) in [4.78, 5) is 24.8. The van der Waals surface area contributed by atoms with Gasteiger partial charge in [-0.05, 0) is 44.0 Å². The number of carbonyl (C=O) groups is 2. The fourth-order valence-corrected chi connectivity index (χ4v) is 2.88. The maximum Gasteiger partial charge on any atom is 0.253 e. The molecule has 0 radical (unpaired) electrons.